The Morgan fingerprint density at radius 3 is 2.74 bits per heavy atom. The lowest BCUT2D eigenvalue weighted by Gasteiger charge is -2.29. The van der Waals surface area contributed by atoms with E-state index in [1.54, 1.807) is 0 Å². The Hall–Kier alpha value is -3.90. The fraction of sp³-hybridized carbons (Fsp3) is 0.226. The molecule has 3 heteroatoms. The lowest BCUT2D eigenvalue weighted by atomic mass is 9.80. The van der Waals surface area contributed by atoms with Gasteiger partial charge in [-0.25, -0.2) is 0 Å². The second-order valence-electron chi connectivity index (χ2n) is 9.54. The summed E-state index contributed by atoms with van der Waals surface area (Å²) in [6, 6.07) is 19.9. The number of fused-ring (bicyclic) bond motifs is 3. The number of para-hydroxylation sites is 2. The second kappa shape index (κ2) is 8.47. The van der Waals surface area contributed by atoms with Crippen LogP contribution in [0.5, 0.6) is 0 Å². The molecule has 0 radical (unpaired) electrons. The maximum Gasteiger partial charge on any atom is 0.0876 e. The Bertz CT molecular complexity index is 1450. The first-order chi connectivity index (χ1) is 16.7. The second-order valence-corrected chi connectivity index (χ2v) is 9.54. The third-order valence-corrected chi connectivity index (χ3v) is 7.34. The summed E-state index contributed by atoms with van der Waals surface area (Å²) in [6.45, 7) is 2.29. The van der Waals surface area contributed by atoms with E-state index in [1.807, 2.05) is 18.4 Å². The summed E-state index contributed by atoms with van der Waals surface area (Å²) in [4.78, 5) is 4.69. The van der Waals surface area contributed by atoms with Crippen molar-refractivity contribution in [1.82, 2.24) is 4.57 Å². The summed E-state index contributed by atoms with van der Waals surface area (Å²) >= 11 is 0. The number of nitriles is 1. The predicted molar refractivity (Wildman–Crippen MR) is 141 cm³/mol. The molecule has 0 fully saturated rings. The van der Waals surface area contributed by atoms with E-state index in [0.717, 1.165) is 12.8 Å². The largest absolute Gasteiger partial charge is 0.312 e. The topological polar surface area (TPSA) is 41.1 Å². The Morgan fingerprint density at radius 1 is 0.971 bits per heavy atom. The van der Waals surface area contributed by atoms with Crippen LogP contribution in [0.1, 0.15) is 30.2 Å². The molecule has 0 saturated heterocycles. The minimum Gasteiger partial charge on any atom is -0.312 e. The molecule has 2 heterocycles. The van der Waals surface area contributed by atoms with Crippen LogP contribution in [-0.2, 0) is 6.42 Å². The molecular formula is C31H27N3. The molecule has 4 atom stereocenters. The molecule has 3 nitrogen and oxygen atoms in total. The van der Waals surface area contributed by atoms with Gasteiger partial charge in [-0.3, -0.25) is 4.99 Å². The quantitative estimate of drug-likeness (QED) is 0.434. The minimum atomic E-state index is -0.178. The average Bonchev–Trinajstić information content (AvgIpc) is 3.22. The van der Waals surface area contributed by atoms with Gasteiger partial charge in [-0.1, -0.05) is 79.8 Å². The van der Waals surface area contributed by atoms with Gasteiger partial charge >= 0.3 is 0 Å². The van der Waals surface area contributed by atoms with Crippen molar-refractivity contribution in [3.05, 3.63) is 102 Å². The Morgan fingerprint density at radius 2 is 1.82 bits per heavy atom. The van der Waals surface area contributed by atoms with Crippen LogP contribution < -0.4 is 0 Å². The monoisotopic (exact) mass is 441 g/mol. The SMILES string of the molecule is CC1C=Cc2c(n(-c3ccccc3C3=CC=CC(C4N=CC=CC4C#N)C3)c3ccccc23)C1. The van der Waals surface area contributed by atoms with E-state index in [-0.39, 0.29) is 17.9 Å². The van der Waals surface area contributed by atoms with Gasteiger partial charge in [0.15, 0.2) is 0 Å². The highest BCUT2D eigenvalue weighted by Gasteiger charge is 2.30. The number of allylic oxidation sites excluding steroid dienone is 5. The molecule has 1 aliphatic heterocycles. The zero-order chi connectivity index (χ0) is 23.1. The zero-order valence-corrected chi connectivity index (χ0v) is 19.3. The Kier molecular flexibility index (Phi) is 5.15. The summed E-state index contributed by atoms with van der Waals surface area (Å²) in [6.07, 6.45) is 18.8. The number of aromatic nitrogens is 1. The highest BCUT2D eigenvalue weighted by atomic mass is 15.0. The van der Waals surface area contributed by atoms with Crippen LogP contribution in [0.4, 0.5) is 0 Å². The molecule has 0 bridgehead atoms. The van der Waals surface area contributed by atoms with Gasteiger partial charge in [-0.2, -0.15) is 5.26 Å². The standard InChI is InChI=1S/C31H27N3/c1-21-15-16-27-26-12-3-5-14-29(26)34(30(27)18-21)28-13-4-2-11-25(28)22-8-6-9-23(19-22)31-24(20-32)10-7-17-33-31/h2-17,21,23-24,31H,18-19H2,1H3. The molecule has 1 aromatic heterocycles. The van der Waals surface area contributed by atoms with Crippen molar-refractivity contribution in [3.8, 4) is 11.8 Å². The summed E-state index contributed by atoms with van der Waals surface area (Å²) in [5.41, 5.74) is 7.78. The van der Waals surface area contributed by atoms with Crippen LogP contribution in [0, 0.1) is 29.1 Å². The summed E-state index contributed by atoms with van der Waals surface area (Å²) in [7, 11) is 0. The molecule has 3 aliphatic rings. The maximum absolute atomic E-state index is 9.66. The van der Waals surface area contributed by atoms with E-state index < -0.39 is 0 Å². The number of benzene rings is 2. The van der Waals surface area contributed by atoms with Crippen molar-refractivity contribution in [1.29, 1.82) is 5.26 Å². The first-order valence-electron chi connectivity index (χ1n) is 12.1. The van der Waals surface area contributed by atoms with E-state index >= 15 is 0 Å². The lowest BCUT2D eigenvalue weighted by molar-refractivity contribution is 0.460. The van der Waals surface area contributed by atoms with Gasteiger partial charge in [0.25, 0.3) is 0 Å². The third-order valence-electron chi connectivity index (χ3n) is 7.34. The van der Waals surface area contributed by atoms with Gasteiger partial charge in [0, 0.05) is 34.3 Å². The minimum absolute atomic E-state index is 0.0340. The smallest absolute Gasteiger partial charge is 0.0876 e. The number of rotatable bonds is 3. The van der Waals surface area contributed by atoms with E-state index in [2.05, 4.69) is 101 Å². The summed E-state index contributed by atoms with van der Waals surface area (Å²) in [5.74, 6) is 0.546. The molecule has 166 valence electrons. The van der Waals surface area contributed by atoms with Crippen molar-refractivity contribution < 1.29 is 0 Å². The molecule has 0 amide bonds. The van der Waals surface area contributed by atoms with Crippen molar-refractivity contribution in [2.45, 2.75) is 25.8 Å². The van der Waals surface area contributed by atoms with Crippen LogP contribution in [0.25, 0.3) is 28.2 Å². The highest BCUT2D eigenvalue weighted by molar-refractivity contribution is 5.94. The van der Waals surface area contributed by atoms with Crippen molar-refractivity contribution in [2.75, 3.05) is 0 Å². The number of nitrogens with zero attached hydrogens (tertiary/aromatic N) is 3. The molecule has 2 aromatic carbocycles. The Labute approximate surface area is 200 Å². The van der Waals surface area contributed by atoms with Crippen molar-refractivity contribution in [2.24, 2.45) is 22.7 Å². The van der Waals surface area contributed by atoms with E-state index in [0.29, 0.717) is 5.92 Å². The molecule has 34 heavy (non-hydrogen) atoms. The molecule has 3 aromatic rings. The number of hydrogen-bond acceptors (Lipinski definition) is 2. The lowest BCUT2D eigenvalue weighted by Crippen LogP contribution is -2.27. The number of aliphatic imine (C=N–C) groups is 1. The van der Waals surface area contributed by atoms with E-state index in [4.69, 9.17) is 0 Å². The van der Waals surface area contributed by atoms with Crippen LogP contribution >= 0.6 is 0 Å². The average molecular weight is 442 g/mol. The third kappa shape index (κ3) is 3.38. The molecule has 0 spiro atoms. The van der Waals surface area contributed by atoms with Gasteiger partial charge < -0.3 is 4.57 Å². The maximum atomic E-state index is 9.66. The Balaban J connectivity index is 1.45. The van der Waals surface area contributed by atoms with Gasteiger partial charge in [-0.15, -0.1) is 0 Å². The van der Waals surface area contributed by atoms with Gasteiger partial charge in [0.2, 0.25) is 0 Å². The van der Waals surface area contributed by atoms with Crippen LogP contribution in [0.15, 0.2) is 90.0 Å². The molecule has 2 aliphatic carbocycles. The molecule has 0 N–H and O–H groups in total. The van der Waals surface area contributed by atoms with Crippen molar-refractivity contribution in [3.63, 3.8) is 0 Å². The number of dihydropyridines is 1. The van der Waals surface area contributed by atoms with Crippen LogP contribution in [0.3, 0.4) is 0 Å². The van der Waals surface area contributed by atoms with E-state index in [1.165, 1.54) is 39.0 Å². The van der Waals surface area contributed by atoms with Crippen LogP contribution in [-0.4, -0.2) is 16.8 Å². The fourth-order valence-electron chi connectivity index (χ4n) is 5.71. The molecule has 0 saturated carbocycles. The first-order valence-corrected chi connectivity index (χ1v) is 12.1. The van der Waals surface area contributed by atoms with Crippen molar-refractivity contribution >= 4 is 28.8 Å². The summed E-state index contributed by atoms with van der Waals surface area (Å²) in [5, 5.41) is 11.0. The predicted octanol–water partition coefficient (Wildman–Crippen LogP) is 6.94. The molecule has 4 unspecified atom stereocenters. The van der Waals surface area contributed by atoms with Gasteiger partial charge in [0.1, 0.15) is 0 Å². The normalized spacial score (nSPS) is 25.2. The number of hydrogen-bond donors (Lipinski definition) is 0. The highest BCUT2D eigenvalue weighted by Crippen LogP contribution is 2.40. The van der Waals surface area contributed by atoms with E-state index in [9.17, 15) is 5.26 Å². The molecular weight excluding hydrogens is 414 g/mol. The van der Waals surface area contributed by atoms with Gasteiger partial charge in [-0.05, 0) is 42.5 Å². The van der Waals surface area contributed by atoms with Gasteiger partial charge in [0.05, 0.1) is 29.2 Å². The fourth-order valence-corrected chi connectivity index (χ4v) is 5.71. The summed E-state index contributed by atoms with van der Waals surface area (Å²) < 4.78 is 2.48. The first kappa shape index (κ1) is 20.7. The molecule has 6 rings (SSSR count). The van der Waals surface area contributed by atoms with Crippen LogP contribution in [0.2, 0.25) is 0 Å². The zero-order valence-electron chi connectivity index (χ0n) is 19.3.